The van der Waals surface area contributed by atoms with E-state index >= 15 is 0 Å². The highest BCUT2D eigenvalue weighted by Crippen LogP contribution is 2.46. The summed E-state index contributed by atoms with van der Waals surface area (Å²) in [6, 6.07) is 4.86. The third kappa shape index (κ3) is 2.28. The fraction of sp³-hybridized carbons (Fsp3) is 0.429. The van der Waals surface area contributed by atoms with E-state index in [1.54, 1.807) is 6.07 Å². The number of amides is 1. The van der Waals surface area contributed by atoms with Gasteiger partial charge in [0, 0.05) is 5.75 Å². The number of carbonyl (C=O) groups is 2. The molecular formula is C14H14FNO3S. The van der Waals surface area contributed by atoms with Crippen molar-refractivity contribution in [2.75, 3.05) is 5.75 Å². The summed E-state index contributed by atoms with van der Waals surface area (Å²) < 4.78 is 13.8. The second-order valence-electron chi connectivity index (χ2n) is 5.11. The van der Waals surface area contributed by atoms with Gasteiger partial charge in [-0.3, -0.25) is 4.79 Å². The van der Waals surface area contributed by atoms with E-state index in [0.29, 0.717) is 11.7 Å². The van der Waals surface area contributed by atoms with Crippen molar-refractivity contribution in [1.82, 2.24) is 4.90 Å². The van der Waals surface area contributed by atoms with Crippen LogP contribution >= 0.6 is 11.8 Å². The number of hydrogen-bond donors (Lipinski definition) is 1. The average molecular weight is 295 g/mol. The standard InChI is InChI=1S/C14H14FNO3S/c15-10-4-2-1-3-9(10)12(17)16-11(14(18)19)7-20-13(16)8-5-6-8/h1-4,8,11,13H,5-7H2,(H,18,19). The van der Waals surface area contributed by atoms with Crippen LogP contribution in [0.4, 0.5) is 4.39 Å². The lowest BCUT2D eigenvalue weighted by molar-refractivity contribution is -0.141. The highest BCUT2D eigenvalue weighted by molar-refractivity contribution is 8.00. The van der Waals surface area contributed by atoms with Gasteiger partial charge in [-0.2, -0.15) is 0 Å². The number of benzene rings is 1. The fourth-order valence-corrected chi connectivity index (χ4v) is 4.12. The molecule has 2 fully saturated rings. The van der Waals surface area contributed by atoms with Crippen LogP contribution < -0.4 is 0 Å². The van der Waals surface area contributed by atoms with Gasteiger partial charge in [-0.15, -0.1) is 11.8 Å². The number of hydrogen-bond acceptors (Lipinski definition) is 3. The predicted octanol–water partition coefficient (Wildman–Crippen LogP) is 2.20. The van der Waals surface area contributed by atoms with Crippen LogP contribution in [-0.2, 0) is 4.79 Å². The Kier molecular flexibility index (Phi) is 3.41. The van der Waals surface area contributed by atoms with Crippen molar-refractivity contribution in [1.29, 1.82) is 0 Å². The predicted molar refractivity (Wildman–Crippen MR) is 73.0 cm³/mol. The molecule has 1 N–H and O–H groups in total. The van der Waals surface area contributed by atoms with Crippen molar-refractivity contribution in [3.05, 3.63) is 35.6 Å². The molecule has 2 aliphatic rings. The van der Waals surface area contributed by atoms with Crippen molar-refractivity contribution >= 4 is 23.6 Å². The van der Waals surface area contributed by atoms with Crippen LogP contribution in [0.1, 0.15) is 23.2 Å². The Morgan fingerprint density at radius 1 is 1.30 bits per heavy atom. The highest BCUT2D eigenvalue weighted by Gasteiger charge is 2.48. The molecule has 1 saturated carbocycles. The molecule has 1 aromatic rings. The zero-order chi connectivity index (χ0) is 14.3. The van der Waals surface area contributed by atoms with E-state index < -0.39 is 23.7 Å². The molecule has 6 heteroatoms. The molecule has 2 unspecified atom stereocenters. The van der Waals surface area contributed by atoms with Crippen molar-refractivity contribution in [2.24, 2.45) is 5.92 Å². The summed E-state index contributed by atoms with van der Waals surface area (Å²) in [5, 5.41) is 9.13. The zero-order valence-electron chi connectivity index (χ0n) is 10.7. The number of carboxylic acids is 1. The lowest BCUT2D eigenvalue weighted by Crippen LogP contribution is -2.46. The van der Waals surface area contributed by atoms with E-state index in [2.05, 4.69) is 0 Å². The Bertz CT molecular complexity index is 561. The molecule has 0 aromatic heterocycles. The summed E-state index contributed by atoms with van der Waals surface area (Å²) in [4.78, 5) is 25.2. The number of carbonyl (C=O) groups excluding carboxylic acids is 1. The Balaban J connectivity index is 1.93. The Morgan fingerprint density at radius 3 is 2.60 bits per heavy atom. The van der Waals surface area contributed by atoms with Crippen molar-refractivity contribution in [3.63, 3.8) is 0 Å². The second-order valence-corrected chi connectivity index (χ2v) is 6.26. The number of nitrogens with zero attached hydrogens (tertiary/aromatic N) is 1. The van der Waals surface area contributed by atoms with Gasteiger partial charge in [0.05, 0.1) is 10.9 Å². The van der Waals surface area contributed by atoms with Crippen LogP contribution in [0, 0.1) is 11.7 Å². The van der Waals surface area contributed by atoms with Gasteiger partial charge >= 0.3 is 5.97 Å². The summed E-state index contributed by atoms with van der Waals surface area (Å²) >= 11 is 1.49. The molecule has 3 rings (SSSR count). The Hall–Kier alpha value is -1.56. The number of aliphatic carboxylic acids is 1. The van der Waals surface area contributed by atoms with Crippen LogP contribution in [-0.4, -0.2) is 39.1 Å². The second kappa shape index (κ2) is 5.09. The molecule has 1 aliphatic carbocycles. The van der Waals surface area contributed by atoms with Crippen LogP contribution in [0.25, 0.3) is 0 Å². The van der Waals surface area contributed by atoms with Gasteiger partial charge in [-0.05, 0) is 30.9 Å². The normalized spacial score (nSPS) is 25.8. The van der Waals surface area contributed by atoms with Crippen LogP contribution in [0.5, 0.6) is 0 Å². The minimum Gasteiger partial charge on any atom is -0.480 e. The highest BCUT2D eigenvalue weighted by atomic mass is 32.2. The molecular weight excluding hydrogens is 281 g/mol. The minimum absolute atomic E-state index is 0.0492. The summed E-state index contributed by atoms with van der Waals surface area (Å²) in [6.45, 7) is 0. The molecule has 0 spiro atoms. The van der Waals surface area contributed by atoms with E-state index in [0.717, 1.165) is 12.8 Å². The first-order valence-corrected chi connectivity index (χ1v) is 7.56. The van der Waals surface area contributed by atoms with E-state index in [9.17, 15) is 19.1 Å². The molecule has 1 heterocycles. The summed E-state index contributed by atoms with van der Waals surface area (Å²) in [6.07, 6.45) is 2.01. The monoisotopic (exact) mass is 295 g/mol. The number of halogens is 1. The van der Waals surface area contributed by atoms with Gasteiger partial charge in [0.15, 0.2) is 0 Å². The Labute approximate surface area is 120 Å². The molecule has 20 heavy (non-hydrogen) atoms. The van der Waals surface area contributed by atoms with Crippen molar-refractivity contribution in [2.45, 2.75) is 24.3 Å². The molecule has 0 radical (unpaired) electrons. The Morgan fingerprint density at radius 2 is 2.00 bits per heavy atom. The van der Waals surface area contributed by atoms with Crippen LogP contribution in [0.3, 0.4) is 0 Å². The third-order valence-electron chi connectivity index (χ3n) is 3.68. The molecule has 4 nitrogen and oxygen atoms in total. The topological polar surface area (TPSA) is 57.6 Å². The van der Waals surface area contributed by atoms with Crippen LogP contribution in [0.15, 0.2) is 24.3 Å². The number of rotatable bonds is 3. The van der Waals surface area contributed by atoms with E-state index in [1.807, 2.05) is 0 Å². The van der Waals surface area contributed by atoms with Crippen molar-refractivity contribution < 1.29 is 19.1 Å². The smallest absolute Gasteiger partial charge is 0.327 e. The molecule has 1 saturated heterocycles. The van der Waals surface area contributed by atoms with Gasteiger partial charge in [-0.1, -0.05) is 12.1 Å². The molecule has 1 amide bonds. The van der Waals surface area contributed by atoms with Gasteiger partial charge in [0.1, 0.15) is 11.9 Å². The molecule has 1 aromatic carbocycles. The maximum atomic E-state index is 13.8. The molecule has 0 bridgehead atoms. The molecule has 106 valence electrons. The van der Waals surface area contributed by atoms with Gasteiger partial charge in [0.2, 0.25) is 0 Å². The van der Waals surface area contributed by atoms with E-state index in [4.69, 9.17) is 0 Å². The summed E-state index contributed by atoms with van der Waals surface area (Å²) in [7, 11) is 0. The lowest BCUT2D eigenvalue weighted by atomic mass is 10.1. The SMILES string of the molecule is O=C(O)C1CSC(C2CC2)N1C(=O)c1ccccc1F. The largest absolute Gasteiger partial charge is 0.480 e. The number of thioether (sulfide) groups is 1. The van der Waals surface area contributed by atoms with E-state index in [1.165, 1.54) is 34.9 Å². The molecule has 2 atom stereocenters. The third-order valence-corrected chi connectivity index (χ3v) is 5.15. The quantitative estimate of drug-likeness (QED) is 0.929. The summed E-state index contributed by atoms with van der Waals surface area (Å²) in [5.74, 6) is -1.42. The van der Waals surface area contributed by atoms with Crippen LogP contribution in [0.2, 0.25) is 0 Å². The summed E-state index contributed by atoms with van der Waals surface area (Å²) in [5.41, 5.74) is -0.0492. The first-order valence-electron chi connectivity index (χ1n) is 6.51. The van der Waals surface area contributed by atoms with Crippen molar-refractivity contribution in [3.8, 4) is 0 Å². The van der Waals surface area contributed by atoms with Gasteiger partial charge in [0.25, 0.3) is 5.91 Å². The lowest BCUT2D eigenvalue weighted by Gasteiger charge is -2.27. The maximum Gasteiger partial charge on any atom is 0.327 e. The maximum absolute atomic E-state index is 13.8. The van der Waals surface area contributed by atoms with Gasteiger partial charge < -0.3 is 10.0 Å². The fourth-order valence-electron chi connectivity index (χ4n) is 2.49. The first-order chi connectivity index (χ1) is 9.59. The molecule has 1 aliphatic heterocycles. The zero-order valence-corrected chi connectivity index (χ0v) is 11.5. The average Bonchev–Trinajstić information content (AvgIpc) is 3.17. The first kappa shape index (κ1) is 13.4. The minimum atomic E-state index is -1.02. The van der Waals surface area contributed by atoms with Gasteiger partial charge in [-0.25, -0.2) is 9.18 Å². The van der Waals surface area contributed by atoms with E-state index in [-0.39, 0.29) is 10.9 Å². The number of carboxylic acid groups (broad SMARTS) is 1.